The maximum Gasteiger partial charge on any atom is 0.284 e. The molecule has 2 aromatic carbocycles. The molecule has 0 spiro atoms. The van der Waals surface area contributed by atoms with Gasteiger partial charge in [-0.1, -0.05) is 18.2 Å². The average molecular weight is 314 g/mol. The number of para-hydroxylation sites is 3. The summed E-state index contributed by atoms with van der Waals surface area (Å²) in [6, 6.07) is 11.5. The predicted octanol–water partition coefficient (Wildman–Crippen LogP) is 1.39. The zero-order chi connectivity index (χ0) is 16.2. The van der Waals surface area contributed by atoms with E-state index in [0.717, 1.165) is 0 Å². The lowest BCUT2D eigenvalue weighted by molar-refractivity contribution is -0.130. The van der Waals surface area contributed by atoms with Crippen LogP contribution in [-0.2, 0) is 4.79 Å². The summed E-state index contributed by atoms with van der Waals surface area (Å²) >= 11 is 0. The van der Waals surface area contributed by atoms with Gasteiger partial charge in [-0.2, -0.15) is 5.10 Å². The third-order valence-electron chi connectivity index (χ3n) is 3.23. The molecule has 3 N–H and O–H groups in total. The average Bonchev–Trinajstić information content (AvgIpc) is 2.58. The molecule has 0 bridgehead atoms. The molecule has 23 heavy (non-hydrogen) atoms. The van der Waals surface area contributed by atoms with Crippen LogP contribution in [0.5, 0.6) is 23.0 Å². The number of hydrazone groups is 1. The monoisotopic (exact) mass is 314 g/mol. The van der Waals surface area contributed by atoms with Gasteiger partial charge in [-0.05, 0) is 24.3 Å². The van der Waals surface area contributed by atoms with Crippen molar-refractivity contribution in [1.82, 2.24) is 5.43 Å². The Balaban J connectivity index is 1.62. The van der Waals surface area contributed by atoms with Gasteiger partial charge in [-0.15, -0.1) is 0 Å². The van der Waals surface area contributed by atoms with E-state index < -0.39 is 12.0 Å². The van der Waals surface area contributed by atoms with Gasteiger partial charge >= 0.3 is 0 Å². The number of hydrogen-bond donors (Lipinski definition) is 3. The number of nitrogens with zero attached hydrogens (tertiary/aromatic N) is 1. The van der Waals surface area contributed by atoms with Crippen molar-refractivity contribution >= 4 is 12.1 Å². The number of phenolic OH excluding ortho intramolecular Hbond substituents is 2. The highest BCUT2D eigenvalue weighted by Crippen LogP contribution is 2.31. The Bertz CT molecular complexity index is 760. The number of rotatable bonds is 3. The molecule has 0 radical (unpaired) electrons. The zero-order valence-electron chi connectivity index (χ0n) is 12.0. The van der Waals surface area contributed by atoms with Gasteiger partial charge in [0.25, 0.3) is 5.91 Å². The molecule has 0 fully saturated rings. The Labute approximate surface area is 131 Å². The largest absolute Gasteiger partial charge is 0.504 e. The summed E-state index contributed by atoms with van der Waals surface area (Å²) in [5.41, 5.74) is 2.59. The second kappa shape index (κ2) is 6.27. The van der Waals surface area contributed by atoms with E-state index in [2.05, 4.69) is 10.5 Å². The Kier molecular flexibility index (Phi) is 4.01. The van der Waals surface area contributed by atoms with Gasteiger partial charge in [-0.25, -0.2) is 5.43 Å². The molecule has 3 rings (SSSR count). The van der Waals surface area contributed by atoms with E-state index in [-0.39, 0.29) is 23.7 Å². The molecule has 1 heterocycles. The quantitative estimate of drug-likeness (QED) is 0.451. The van der Waals surface area contributed by atoms with Crippen LogP contribution in [0.2, 0.25) is 0 Å². The number of nitrogens with one attached hydrogen (secondary N) is 1. The molecule has 1 unspecified atom stereocenters. The van der Waals surface area contributed by atoms with Crippen LogP contribution in [0.4, 0.5) is 0 Å². The van der Waals surface area contributed by atoms with Gasteiger partial charge in [0.05, 0.1) is 6.21 Å². The molecule has 7 heteroatoms. The number of aromatic hydroxyl groups is 2. The molecule has 0 saturated carbocycles. The molecule has 118 valence electrons. The summed E-state index contributed by atoms with van der Waals surface area (Å²) < 4.78 is 11.0. The number of hydrogen-bond acceptors (Lipinski definition) is 6. The van der Waals surface area contributed by atoms with Gasteiger partial charge in [0, 0.05) is 5.56 Å². The number of amides is 1. The summed E-state index contributed by atoms with van der Waals surface area (Å²) in [4.78, 5) is 12.0. The zero-order valence-corrected chi connectivity index (χ0v) is 12.0. The van der Waals surface area contributed by atoms with Gasteiger partial charge < -0.3 is 19.7 Å². The first-order chi connectivity index (χ1) is 11.1. The predicted molar refractivity (Wildman–Crippen MR) is 81.9 cm³/mol. The highest BCUT2D eigenvalue weighted by atomic mass is 16.6. The molecule has 7 nitrogen and oxygen atoms in total. The molecule has 2 aromatic rings. The summed E-state index contributed by atoms with van der Waals surface area (Å²) in [5, 5.41) is 22.7. The van der Waals surface area contributed by atoms with Crippen LogP contribution >= 0.6 is 0 Å². The normalized spacial score (nSPS) is 16.3. The highest BCUT2D eigenvalue weighted by Gasteiger charge is 2.26. The topological polar surface area (TPSA) is 100 Å². The molecule has 1 aliphatic heterocycles. The van der Waals surface area contributed by atoms with E-state index in [0.29, 0.717) is 11.5 Å². The third kappa shape index (κ3) is 3.18. The Morgan fingerprint density at radius 2 is 1.96 bits per heavy atom. The first-order valence-electron chi connectivity index (χ1n) is 6.87. The van der Waals surface area contributed by atoms with E-state index in [1.807, 2.05) is 6.07 Å². The smallest absolute Gasteiger partial charge is 0.284 e. The minimum Gasteiger partial charge on any atom is -0.504 e. The van der Waals surface area contributed by atoms with Crippen LogP contribution < -0.4 is 14.9 Å². The number of benzene rings is 2. The van der Waals surface area contributed by atoms with Crippen molar-refractivity contribution in [3.63, 3.8) is 0 Å². The van der Waals surface area contributed by atoms with Crippen molar-refractivity contribution in [3.05, 3.63) is 48.0 Å². The number of fused-ring (bicyclic) bond motifs is 1. The van der Waals surface area contributed by atoms with Crippen LogP contribution in [0.3, 0.4) is 0 Å². The maximum atomic E-state index is 12.0. The van der Waals surface area contributed by atoms with E-state index in [9.17, 15) is 15.0 Å². The molecule has 0 aromatic heterocycles. The molecule has 1 amide bonds. The molecular formula is C16H14N2O5. The van der Waals surface area contributed by atoms with Crippen molar-refractivity contribution in [2.75, 3.05) is 6.61 Å². The third-order valence-corrected chi connectivity index (χ3v) is 3.23. The van der Waals surface area contributed by atoms with Crippen LogP contribution in [0.15, 0.2) is 47.6 Å². The van der Waals surface area contributed by atoms with Crippen LogP contribution in [0.1, 0.15) is 5.56 Å². The number of phenols is 2. The summed E-state index contributed by atoms with van der Waals surface area (Å²) in [7, 11) is 0. The van der Waals surface area contributed by atoms with E-state index >= 15 is 0 Å². The summed E-state index contributed by atoms with van der Waals surface area (Å²) in [5.74, 6) is 0.0335. The Morgan fingerprint density at radius 3 is 2.78 bits per heavy atom. The number of carbonyl (C=O) groups is 1. The van der Waals surface area contributed by atoms with Crippen LogP contribution in [-0.4, -0.2) is 35.0 Å². The second-order valence-electron chi connectivity index (χ2n) is 4.81. The molecule has 1 aliphatic rings. The second-order valence-corrected chi connectivity index (χ2v) is 4.81. The van der Waals surface area contributed by atoms with Gasteiger partial charge in [0.1, 0.15) is 6.61 Å². The van der Waals surface area contributed by atoms with Gasteiger partial charge in [0.2, 0.25) is 6.10 Å². The molecule has 1 atom stereocenters. The number of ether oxygens (including phenoxy) is 2. The minimum atomic E-state index is -0.820. The lowest BCUT2D eigenvalue weighted by Crippen LogP contribution is -2.42. The molecular weight excluding hydrogens is 300 g/mol. The van der Waals surface area contributed by atoms with Gasteiger partial charge in [-0.3, -0.25) is 4.79 Å². The van der Waals surface area contributed by atoms with Crippen LogP contribution in [0, 0.1) is 0 Å². The van der Waals surface area contributed by atoms with Gasteiger partial charge in [0.15, 0.2) is 23.0 Å². The van der Waals surface area contributed by atoms with Crippen molar-refractivity contribution < 1.29 is 24.5 Å². The summed E-state index contributed by atoms with van der Waals surface area (Å²) in [6.45, 7) is 0.0791. The SMILES string of the molecule is O=C(NN=Cc1cccc(O)c1O)C1COc2ccccc2O1. The van der Waals surface area contributed by atoms with E-state index in [1.165, 1.54) is 12.3 Å². The molecule has 0 saturated heterocycles. The van der Waals surface area contributed by atoms with Crippen molar-refractivity contribution in [2.24, 2.45) is 5.10 Å². The van der Waals surface area contributed by atoms with E-state index in [4.69, 9.17) is 9.47 Å². The highest BCUT2D eigenvalue weighted by molar-refractivity contribution is 5.87. The standard InChI is InChI=1S/C16H14N2O5/c19-11-5-3-4-10(15(11)20)8-17-18-16(21)14-9-22-12-6-1-2-7-13(12)23-14/h1-8,14,19-20H,9H2,(H,18,21). The van der Waals surface area contributed by atoms with E-state index in [1.54, 1.807) is 30.3 Å². The Hall–Kier alpha value is -3.22. The number of carbonyl (C=O) groups excluding carboxylic acids is 1. The first-order valence-corrected chi connectivity index (χ1v) is 6.87. The Morgan fingerprint density at radius 1 is 1.17 bits per heavy atom. The lowest BCUT2D eigenvalue weighted by atomic mass is 10.2. The fraction of sp³-hybridized carbons (Fsp3) is 0.125. The molecule has 0 aliphatic carbocycles. The fourth-order valence-electron chi connectivity index (χ4n) is 2.04. The first kappa shape index (κ1) is 14.7. The van der Waals surface area contributed by atoms with Crippen molar-refractivity contribution in [3.8, 4) is 23.0 Å². The lowest BCUT2D eigenvalue weighted by Gasteiger charge is -2.24. The van der Waals surface area contributed by atoms with Crippen LogP contribution in [0.25, 0.3) is 0 Å². The maximum absolute atomic E-state index is 12.0. The summed E-state index contributed by atoms with van der Waals surface area (Å²) in [6.07, 6.45) is 0.407. The minimum absolute atomic E-state index is 0.0791. The van der Waals surface area contributed by atoms with Crippen molar-refractivity contribution in [2.45, 2.75) is 6.10 Å². The van der Waals surface area contributed by atoms with Crippen molar-refractivity contribution in [1.29, 1.82) is 0 Å². The fourth-order valence-corrected chi connectivity index (χ4v) is 2.04.